The lowest BCUT2D eigenvalue weighted by Crippen LogP contribution is -2.24. The summed E-state index contributed by atoms with van der Waals surface area (Å²) in [5, 5.41) is 4.30. The van der Waals surface area contributed by atoms with Crippen LogP contribution in [0.15, 0.2) is 54.7 Å². The topological polar surface area (TPSA) is 44.9 Å². The summed E-state index contributed by atoms with van der Waals surface area (Å²) in [5.41, 5.74) is 4.53. The van der Waals surface area contributed by atoms with Crippen molar-refractivity contribution in [2.75, 3.05) is 6.54 Å². The number of carbonyl (C=O) groups is 1. The number of benzene rings is 2. The highest BCUT2D eigenvalue weighted by Gasteiger charge is 2.06. The molecule has 0 aliphatic rings. The van der Waals surface area contributed by atoms with E-state index in [1.165, 1.54) is 34.9 Å². The van der Waals surface area contributed by atoms with Gasteiger partial charge in [-0.3, -0.25) is 4.79 Å². The lowest BCUT2D eigenvalue weighted by Gasteiger charge is -2.06. The molecule has 130 valence electrons. The first-order valence-electron chi connectivity index (χ1n) is 9.20. The SMILES string of the molecule is CCCCc1ccc(C(=O)NCCCc2c[nH]c3ccccc23)cc1. The molecule has 0 radical (unpaired) electrons. The molecule has 3 aromatic rings. The smallest absolute Gasteiger partial charge is 0.251 e. The van der Waals surface area contributed by atoms with Crippen LogP contribution >= 0.6 is 0 Å². The number of aromatic nitrogens is 1. The Kier molecular flexibility index (Phi) is 5.89. The second kappa shape index (κ2) is 8.52. The molecular formula is C22H26N2O. The third-order valence-corrected chi connectivity index (χ3v) is 4.62. The van der Waals surface area contributed by atoms with E-state index in [1.807, 2.05) is 18.2 Å². The predicted molar refractivity (Wildman–Crippen MR) is 104 cm³/mol. The van der Waals surface area contributed by atoms with E-state index in [4.69, 9.17) is 0 Å². The molecule has 3 heteroatoms. The summed E-state index contributed by atoms with van der Waals surface area (Å²) < 4.78 is 0. The largest absolute Gasteiger partial charge is 0.361 e. The number of aromatic amines is 1. The maximum Gasteiger partial charge on any atom is 0.251 e. The van der Waals surface area contributed by atoms with Gasteiger partial charge >= 0.3 is 0 Å². The Bertz CT molecular complexity index is 817. The van der Waals surface area contributed by atoms with Crippen LogP contribution in [0.2, 0.25) is 0 Å². The van der Waals surface area contributed by atoms with Crippen LogP contribution in [0.25, 0.3) is 10.9 Å². The summed E-state index contributed by atoms with van der Waals surface area (Å²) in [6, 6.07) is 16.3. The minimum Gasteiger partial charge on any atom is -0.361 e. The molecule has 0 bridgehead atoms. The molecule has 3 rings (SSSR count). The molecule has 0 fully saturated rings. The number of para-hydroxylation sites is 1. The molecule has 1 heterocycles. The van der Waals surface area contributed by atoms with Gasteiger partial charge in [-0.1, -0.05) is 43.7 Å². The second-order valence-corrected chi connectivity index (χ2v) is 6.52. The first kappa shape index (κ1) is 17.3. The molecule has 0 saturated carbocycles. The zero-order chi connectivity index (χ0) is 17.5. The minimum atomic E-state index is 0.0148. The molecule has 1 aromatic heterocycles. The Hall–Kier alpha value is -2.55. The van der Waals surface area contributed by atoms with Crippen molar-refractivity contribution in [3.63, 3.8) is 0 Å². The highest BCUT2D eigenvalue weighted by atomic mass is 16.1. The van der Waals surface area contributed by atoms with Crippen molar-refractivity contribution in [3.8, 4) is 0 Å². The normalized spacial score (nSPS) is 10.9. The van der Waals surface area contributed by atoms with Crippen LogP contribution < -0.4 is 5.32 Å². The molecule has 2 N–H and O–H groups in total. The van der Waals surface area contributed by atoms with Crippen LogP contribution in [0, 0.1) is 0 Å². The molecule has 1 amide bonds. The first-order chi connectivity index (χ1) is 12.3. The lowest BCUT2D eigenvalue weighted by atomic mass is 10.1. The summed E-state index contributed by atoms with van der Waals surface area (Å²) in [5.74, 6) is 0.0148. The van der Waals surface area contributed by atoms with Crippen LogP contribution in [0.4, 0.5) is 0 Å². The van der Waals surface area contributed by atoms with Gasteiger partial charge in [0.2, 0.25) is 0 Å². The van der Waals surface area contributed by atoms with Crippen molar-refractivity contribution in [3.05, 3.63) is 71.4 Å². The van der Waals surface area contributed by atoms with E-state index in [2.05, 4.69) is 53.8 Å². The Labute approximate surface area is 149 Å². The van der Waals surface area contributed by atoms with Crippen molar-refractivity contribution in [1.82, 2.24) is 10.3 Å². The number of hydrogen-bond acceptors (Lipinski definition) is 1. The highest BCUT2D eigenvalue weighted by molar-refractivity contribution is 5.94. The van der Waals surface area contributed by atoms with Crippen LogP contribution in [0.1, 0.15) is 47.7 Å². The molecular weight excluding hydrogens is 308 g/mol. The van der Waals surface area contributed by atoms with Crippen molar-refractivity contribution in [2.24, 2.45) is 0 Å². The maximum atomic E-state index is 12.2. The van der Waals surface area contributed by atoms with Crippen molar-refractivity contribution in [2.45, 2.75) is 39.0 Å². The molecule has 0 aliphatic heterocycles. The molecule has 0 unspecified atom stereocenters. The Morgan fingerprint density at radius 2 is 1.80 bits per heavy atom. The molecule has 0 aliphatic carbocycles. The summed E-state index contributed by atoms with van der Waals surface area (Å²) >= 11 is 0. The van der Waals surface area contributed by atoms with E-state index >= 15 is 0 Å². The van der Waals surface area contributed by atoms with Gasteiger partial charge in [0, 0.05) is 29.2 Å². The number of carbonyl (C=O) groups excluding carboxylic acids is 1. The summed E-state index contributed by atoms with van der Waals surface area (Å²) in [7, 11) is 0. The summed E-state index contributed by atoms with van der Waals surface area (Å²) in [6.45, 7) is 2.88. The standard InChI is InChI=1S/C22H26N2O/c1-2-3-7-17-11-13-18(14-12-17)22(25)23-15-6-8-19-16-24-21-10-5-4-9-20(19)21/h4-5,9-14,16,24H,2-3,6-8,15H2,1H3,(H,23,25). The number of nitrogens with one attached hydrogen (secondary N) is 2. The van der Waals surface area contributed by atoms with Gasteiger partial charge in [0.05, 0.1) is 0 Å². The monoisotopic (exact) mass is 334 g/mol. The summed E-state index contributed by atoms with van der Waals surface area (Å²) in [6.07, 6.45) is 7.44. The average Bonchev–Trinajstić information content (AvgIpc) is 3.07. The first-order valence-corrected chi connectivity index (χ1v) is 9.20. The number of rotatable bonds is 8. The number of amides is 1. The van der Waals surface area contributed by atoms with Crippen LogP contribution in [-0.2, 0) is 12.8 Å². The van der Waals surface area contributed by atoms with E-state index < -0.39 is 0 Å². The Morgan fingerprint density at radius 3 is 2.60 bits per heavy atom. The average molecular weight is 334 g/mol. The number of aryl methyl sites for hydroxylation is 2. The lowest BCUT2D eigenvalue weighted by molar-refractivity contribution is 0.0953. The molecule has 3 nitrogen and oxygen atoms in total. The number of fused-ring (bicyclic) bond motifs is 1. The third-order valence-electron chi connectivity index (χ3n) is 4.62. The molecule has 0 spiro atoms. The van der Waals surface area contributed by atoms with E-state index in [9.17, 15) is 4.79 Å². The van der Waals surface area contributed by atoms with Crippen LogP contribution in [0.3, 0.4) is 0 Å². The predicted octanol–water partition coefficient (Wildman–Crippen LogP) is 4.87. The maximum absolute atomic E-state index is 12.2. The quantitative estimate of drug-likeness (QED) is 0.567. The van der Waals surface area contributed by atoms with Gasteiger partial charge in [0.25, 0.3) is 5.91 Å². The van der Waals surface area contributed by atoms with Gasteiger partial charge in [0.1, 0.15) is 0 Å². The molecule has 25 heavy (non-hydrogen) atoms. The van der Waals surface area contributed by atoms with E-state index in [0.717, 1.165) is 24.8 Å². The fourth-order valence-electron chi connectivity index (χ4n) is 3.12. The zero-order valence-corrected chi connectivity index (χ0v) is 14.8. The van der Waals surface area contributed by atoms with Crippen molar-refractivity contribution >= 4 is 16.8 Å². The number of unbranched alkanes of at least 4 members (excludes halogenated alkanes) is 1. The Balaban J connectivity index is 1.46. The van der Waals surface area contributed by atoms with E-state index in [-0.39, 0.29) is 5.91 Å². The molecule has 2 aromatic carbocycles. The second-order valence-electron chi connectivity index (χ2n) is 6.52. The van der Waals surface area contributed by atoms with Gasteiger partial charge in [0.15, 0.2) is 0 Å². The van der Waals surface area contributed by atoms with Crippen LogP contribution in [-0.4, -0.2) is 17.4 Å². The van der Waals surface area contributed by atoms with Gasteiger partial charge in [-0.05, 0) is 55.0 Å². The highest BCUT2D eigenvalue weighted by Crippen LogP contribution is 2.18. The number of H-pyrrole nitrogens is 1. The van der Waals surface area contributed by atoms with E-state index in [1.54, 1.807) is 0 Å². The van der Waals surface area contributed by atoms with E-state index in [0.29, 0.717) is 6.54 Å². The fourth-order valence-corrected chi connectivity index (χ4v) is 3.12. The number of hydrogen-bond donors (Lipinski definition) is 2. The summed E-state index contributed by atoms with van der Waals surface area (Å²) in [4.78, 5) is 15.5. The van der Waals surface area contributed by atoms with Gasteiger partial charge < -0.3 is 10.3 Å². The van der Waals surface area contributed by atoms with Gasteiger partial charge in [-0.2, -0.15) is 0 Å². The molecule has 0 saturated heterocycles. The minimum absolute atomic E-state index is 0.0148. The van der Waals surface area contributed by atoms with Crippen LogP contribution in [0.5, 0.6) is 0 Å². The zero-order valence-electron chi connectivity index (χ0n) is 14.8. The van der Waals surface area contributed by atoms with Crippen molar-refractivity contribution in [1.29, 1.82) is 0 Å². The van der Waals surface area contributed by atoms with Crippen molar-refractivity contribution < 1.29 is 4.79 Å². The Morgan fingerprint density at radius 1 is 1.00 bits per heavy atom. The van der Waals surface area contributed by atoms with Gasteiger partial charge in [-0.25, -0.2) is 0 Å². The fraction of sp³-hybridized carbons (Fsp3) is 0.318. The van der Waals surface area contributed by atoms with Gasteiger partial charge in [-0.15, -0.1) is 0 Å². The third kappa shape index (κ3) is 4.50. The molecule has 0 atom stereocenters.